The van der Waals surface area contributed by atoms with Crippen molar-refractivity contribution in [3.63, 3.8) is 0 Å². The minimum Gasteiger partial charge on any atom is -0.356 e. The summed E-state index contributed by atoms with van der Waals surface area (Å²) in [4.78, 5) is 12.5. The topological polar surface area (TPSA) is 89.3 Å². The second-order valence-electron chi connectivity index (χ2n) is 7.37. The molecule has 158 valence electrons. The Morgan fingerprint density at radius 3 is 2.37 bits per heavy atom. The molecule has 3 aromatic rings. The van der Waals surface area contributed by atoms with Gasteiger partial charge >= 0.3 is 0 Å². The average molecular weight is 427 g/mol. The predicted molar refractivity (Wildman–Crippen MR) is 117 cm³/mol. The van der Waals surface area contributed by atoms with Gasteiger partial charge < -0.3 is 9.84 Å². The van der Waals surface area contributed by atoms with Crippen LogP contribution in [0.15, 0.2) is 51.9 Å². The highest BCUT2D eigenvalue weighted by Gasteiger charge is 2.21. The Hall–Kier alpha value is -2.93. The first-order chi connectivity index (χ1) is 14.2. The second kappa shape index (κ2) is 8.83. The third kappa shape index (κ3) is 4.79. The van der Waals surface area contributed by atoms with Gasteiger partial charge in [0.05, 0.1) is 16.3 Å². The number of sulfone groups is 1. The second-order valence-corrected chi connectivity index (χ2v) is 9.45. The molecule has 1 aromatic heterocycles. The van der Waals surface area contributed by atoms with E-state index in [1.165, 1.54) is 5.56 Å². The number of hydrogen-bond donors (Lipinski definition) is 1. The van der Waals surface area contributed by atoms with E-state index in [1.807, 2.05) is 44.2 Å². The van der Waals surface area contributed by atoms with E-state index >= 15 is 0 Å². The van der Waals surface area contributed by atoms with Gasteiger partial charge in [-0.3, -0.25) is 4.79 Å². The van der Waals surface area contributed by atoms with E-state index in [0.717, 1.165) is 17.7 Å². The fourth-order valence-electron chi connectivity index (χ4n) is 3.15. The maximum atomic E-state index is 12.9. The van der Waals surface area contributed by atoms with Gasteiger partial charge in [0.1, 0.15) is 0 Å². The number of benzene rings is 2. The lowest BCUT2D eigenvalue weighted by atomic mass is 10.1. The zero-order valence-corrected chi connectivity index (χ0v) is 18.5. The molecule has 0 saturated carbocycles. The Kier molecular flexibility index (Phi) is 6.41. The molecule has 1 N–H and O–H groups in total. The fraction of sp³-hybridized carbons (Fsp3) is 0.304. The van der Waals surface area contributed by atoms with Crippen LogP contribution >= 0.6 is 0 Å². The Labute approximate surface area is 177 Å². The summed E-state index contributed by atoms with van der Waals surface area (Å²) in [6.07, 6.45) is 0.792. The summed E-state index contributed by atoms with van der Waals surface area (Å²) in [5, 5.41) is 6.69. The monoisotopic (exact) mass is 426 g/mol. The molecular formula is C23H26N2O4S. The first-order valence-corrected chi connectivity index (χ1v) is 11.5. The maximum absolute atomic E-state index is 12.9. The van der Waals surface area contributed by atoms with E-state index < -0.39 is 9.84 Å². The molecule has 0 spiro atoms. The van der Waals surface area contributed by atoms with E-state index in [1.54, 1.807) is 19.1 Å². The summed E-state index contributed by atoms with van der Waals surface area (Å²) in [6.45, 7) is 7.51. The minimum atomic E-state index is -3.65. The number of carbonyl (C=O) groups excluding carboxylic acids is 1. The van der Waals surface area contributed by atoms with Crippen LogP contribution in [0.25, 0.3) is 11.3 Å². The lowest BCUT2D eigenvalue weighted by Crippen LogP contribution is -2.18. The molecule has 6 nitrogen and oxygen atoms in total. The molecule has 30 heavy (non-hydrogen) atoms. The third-order valence-corrected chi connectivity index (χ3v) is 7.04. The molecule has 0 bridgehead atoms. The van der Waals surface area contributed by atoms with Gasteiger partial charge in [0.25, 0.3) is 0 Å². The fourth-order valence-corrected chi connectivity index (χ4v) is 4.68. The molecule has 2 aromatic carbocycles. The lowest BCUT2D eigenvalue weighted by Gasteiger charge is -2.10. The van der Waals surface area contributed by atoms with Crippen LogP contribution in [-0.2, 0) is 21.1 Å². The Bertz CT molecular complexity index is 1160. The van der Waals surface area contributed by atoms with Crippen molar-refractivity contribution in [2.24, 2.45) is 0 Å². The molecule has 0 aliphatic carbocycles. The van der Waals surface area contributed by atoms with Crippen LogP contribution in [0.3, 0.4) is 0 Å². The molecule has 0 radical (unpaired) electrons. The quantitative estimate of drug-likeness (QED) is 0.595. The molecule has 0 aliphatic rings. The van der Waals surface area contributed by atoms with Crippen molar-refractivity contribution >= 4 is 21.4 Å². The normalized spacial score (nSPS) is 11.5. The number of hydrogen-bond acceptors (Lipinski definition) is 5. The van der Waals surface area contributed by atoms with Crippen LogP contribution < -0.4 is 5.32 Å². The summed E-state index contributed by atoms with van der Waals surface area (Å²) in [5.74, 6) is -0.0551. The molecule has 0 aliphatic heterocycles. The van der Waals surface area contributed by atoms with E-state index in [9.17, 15) is 13.2 Å². The number of amides is 1. The van der Waals surface area contributed by atoms with E-state index in [4.69, 9.17) is 4.52 Å². The molecule has 1 amide bonds. The van der Waals surface area contributed by atoms with Crippen LogP contribution in [0.4, 0.5) is 5.69 Å². The molecular weight excluding hydrogens is 400 g/mol. The van der Waals surface area contributed by atoms with Crippen molar-refractivity contribution in [3.8, 4) is 11.3 Å². The first-order valence-electron chi connectivity index (χ1n) is 9.86. The van der Waals surface area contributed by atoms with Crippen LogP contribution in [0, 0.1) is 20.8 Å². The molecule has 3 rings (SSSR count). The number of aryl methyl sites for hydroxylation is 3. The average Bonchev–Trinajstić information content (AvgIpc) is 3.06. The van der Waals surface area contributed by atoms with Gasteiger partial charge in [0.15, 0.2) is 15.6 Å². The zero-order valence-electron chi connectivity index (χ0n) is 17.7. The van der Waals surface area contributed by atoms with Gasteiger partial charge in [-0.1, -0.05) is 36.3 Å². The molecule has 0 atom stereocenters. The van der Waals surface area contributed by atoms with Crippen molar-refractivity contribution in [1.82, 2.24) is 5.16 Å². The highest BCUT2D eigenvalue weighted by molar-refractivity contribution is 7.91. The van der Waals surface area contributed by atoms with Gasteiger partial charge in [-0.2, -0.15) is 0 Å². The van der Waals surface area contributed by atoms with Crippen LogP contribution in [0.5, 0.6) is 0 Å². The summed E-state index contributed by atoms with van der Waals surface area (Å²) in [6, 6.07) is 12.7. The standard InChI is InChI=1S/C23H26N2O4S/c1-5-18-7-10-20(11-8-18)24-22(26)12-13-30(27,28)21-14-19(9-6-15(21)2)23-16(3)17(4)25-29-23/h6-11,14H,5,12-13H2,1-4H3,(H,24,26). The summed E-state index contributed by atoms with van der Waals surface area (Å²) in [7, 11) is -3.65. The van der Waals surface area contributed by atoms with Crippen LogP contribution in [0.1, 0.15) is 35.7 Å². The number of rotatable bonds is 7. The molecule has 0 saturated heterocycles. The third-order valence-electron chi connectivity index (χ3n) is 5.19. The van der Waals surface area contributed by atoms with Gasteiger partial charge in [-0.05, 0) is 56.5 Å². The summed E-state index contributed by atoms with van der Waals surface area (Å²) < 4.78 is 31.2. The Morgan fingerprint density at radius 2 is 1.77 bits per heavy atom. The molecule has 0 unspecified atom stereocenters. The van der Waals surface area contributed by atoms with Gasteiger partial charge in [-0.15, -0.1) is 0 Å². The number of nitrogens with one attached hydrogen (secondary N) is 1. The van der Waals surface area contributed by atoms with Gasteiger partial charge in [0.2, 0.25) is 5.91 Å². The Morgan fingerprint density at radius 1 is 1.07 bits per heavy atom. The van der Waals surface area contributed by atoms with Crippen LogP contribution in [-0.4, -0.2) is 25.2 Å². The number of aromatic nitrogens is 1. The molecule has 1 heterocycles. The number of nitrogens with zero attached hydrogens (tertiary/aromatic N) is 1. The zero-order chi connectivity index (χ0) is 21.9. The largest absolute Gasteiger partial charge is 0.356 e. The van der Waals surface area contributed by atoms with E-state index in [-0.39, 0.29) is 23.0 Å². The Balaban J connectivity index is 1.74. The van der Waals surface area contributed by atoms with Gasteiger partial charge in [0, 0.05) is 23.2 Å². The van der Waals surface area contributed by atoms with Crippen molar-refractivity contribution in [1.29, 1.82) is 0 Å². The van der Waals surface area contributed by atoms with Gasteiger partial charge in [-0.25, -0.2) is 8.42 Å². The summed E-state index contributed by atoms with van der Waals surface area (Å²) in [5.41, 5.74) is 4.74. The smallest absolute Gasteiger partial charge is 0.225 e. The SMILES string of the molecule is CCc1ccc(NC(=O)CCS(=O)(=O)c2cc(-c3onc(C)c3C)ccc2C)cc1. The molecule has 0 fully saturated rings. The van der Waals surface area contributed by atoms with Crippen molar-refractivity contribution < 1.29 is 17.7 Å². The highest BCUT2D eigenvalue weighted by Crippen LogP contribution is 2.29. The summed E-state index contributed by atoms with van der Waals surface area (Å²) >= 11 is 0. The number of carbonyl (C=O) groups is 1. The van der Waals surface area contributed by atoms with E-state index in [2.05, 4.69) is 17.4 Å². The van der Waals surface area contributed by atoms with E-state index in [0.29, 0.717) is 22.6 Å². The van der Waals surface area contributed by atoms with Crippen molar-refractivity contribution in [3.05, 3.63) is 64.8 Å². The minimum absolute atomic E-state index is 0.123. The highest BCUT2D eigenvalue weighted by atomic mass is 32.2. The molecule has 7 heteroatoms. The predicted octanol–water partition coefficient (Wildman–Crippen LogP) is 4.63. The van der Waals surface area contributed by atoms with Crippen molar-refractivity contribution in [2.45, 2.75) is 45.4 Å². The van der Waals surface area contributed by atoms with Crippen molar-refractivity contribution in [2.75, 3.05) is 11.1 Å². The number of anilines is 1. The lowest BCUT2D eigenvalue weighted by molar-refractivity contribution is -0.115. The first kappa shape index (κ1) is 21.8. The van der Waals surface area contributed by atoms with Crippen LogP contribution in [0.2, 0.25) is 0 Å². The maximum Gasteiger partial charge on any atom is 0.225 e.